The molecule has 3 unspecified atom stereocenters. The molecule has 0 heterocycles. The number of hydrogen-bond acceptors (Lipinski definition) is 2. The summed E-state index contributed by atoms with van der Waals surface area (Å²) in [6, 6.07) is 1.30. The number of hydrogen-bond donors (Lipinski definition) is 1. The number of likely N-dealkylation sites (N-methyl/N-ethyl adjacent to an activating group) is 1. The Bertz CT molecular complexity index is 207. The van der Waals surface area contributed by atoms with Crippen molar-refractivity contribution in [1.82, 2.24) is 10.2 Å². The normalized spacial score (nSPS) is 21.8. The minimum absolute atomic E-state index is 0.583. The minimum Gasteiger partial charge on any atom is -0.312 e. The van der Waals surface area contributed by atoms with Gasteiger partial charge in [0.25, 0.3) is 0 Å². The Labute approximate surface area is 101 Å². The van der Waals surface area contributed by atoms with E-state index in [4.69, 9.17) is 0 Å². The molecule has 0 spiro atoms. The number of nitrogens with zero attached hydrogens (tertiary/aromatic N) is 1. The van der Waals surface area contributed by atoms with Crippen molar-refractivity contribution in [2.45, 2.75) is 45.2 Å². The molecule has 1 fully saturated rings. The molecular formula is C14H28N2. The SMILES string of the molecule is C=CCC(C)C(C)NCC(C1CC1)N(C)C. The van der Waals surface area contributed by atoms with E-state index in [1.165, 1.54) is 12.8 Å². The van der Waals surface area contributed by atoms with Crippen LogP contribution in [0.15, 0.2) is 12.7 Å². The molecule has 2 heteroatoms. The van der Waals surface area contributed by atoms with Crippen LogP contribution in [0.2, 0.25) is 0 Å². The van der Waals surface area contributed by atoms with E-state index in [9.17, 15) is 0 Å². The van der Waals surface area contributed by atoms with Gasteiger partial charge in [-0.05, 0) is 52.1 Å². The zero-order valence-corrected chi connectivity index (χ0v) is 11.4. The Kier molecular flexibility index (Phi) is 5.50. The maximum absolute atomic E-state index is 3.81. The summed E-state index contributed by atoms with van der Waals surface area (Å²) in [4.78, 5) is 2.37. The molecule has 94 valence electrons. The predicted octanol–water partition coefficient (Wildman–Crippen LogP) is 2.52. The smallest absolute Gasteiger partial charge is 0.0242 e. The second-order valence-corrected chi connectivity index (χ2v) is 5.57. The van der Waals surface area contributed by atoms with E-state index in [1.807, 2.05) is 6.08 Å². The van der Waals surface area contributed by atoms with Crippen molar-refractivity contribution in [3.05, 3.63) is 12.7 Å². The summed E-state index contributed by atoms with van der Waals surface area (Å²) in [6.45, 7) is 9.51. The maximum Gasteiger partial charge on any atom is 0.0242 e. The van der Waals surface area contributed by atoms with Crippen LogP contribution in [0, 0.1) is 11.8 Å². The molecule has 0 aromatic carbocycles. The molecule has 0 aliphatic heterocycles. The quantitative estimate of drug-likeness (QED) is 0.637. The number of allylic oxidation sites excluding steroid dienone is 1. The van der Waals surface area contributed by atoms with Crippen LogP contribution < -0.4 is 5.32 Å². The second-order valence-electron chi connectivity index (χ2n) is 5.57. The standard InChI is InChI=1S/C14H28N2/c1-6-7-11(2)12(3)15-10-14(16(4)5)13-8-9-13/h6,11-15H,1,7-10H2,2-5H3. The van der Waals surface area contributed by atoms with E-state index in [2.05, 4.69) is 44.7 Å². The van der Waals surface area contributed by atoms with Crippen LogP contribution in [0.5, 0.6) is 0 Å². The molecule has 1 aliphatic rings. The summed E-state index contributed by atoms with van der Waals surface area (Å²) in [5.41, 5.74) is 0. The van der Waals surface area contributed by atoms with Crippen molar-refractivity contribution in [3.8, 4) is 0 Å². The van der Waals surface area contributed by atoms with E-state index in [0.29, 0.717) is 12.0 Å². The minimum atomic E-state index is 0.583. The topological polar surface area (TPSA) is 15.3 Å². The zero-order valence-electron chi connectivity index (χ0n) is 11.4. The highest BCUT2D eigenvalue weighted by atomic mass is 15.1. The zero-order chi connectivity index (χ0) is 12.1. The fraction of sp³-hybridized carbons (Fsp3) is 0.857. The van der Waals surface area contributed by atoms with Gasteiger partial charge >= 0.3 is 0 Å². The van der Waals surface area contributed by atoms with Gasteiger partial charge in [0.2, 0.25) is 0 Å². The second kappa shape index (κ2) is 6.41. The molecule has 0 bridgehead atoms. The summed E-state index contributed by atoms with van der Waals surface area (Å²) >= 11 is 0. The lowest BCUT2D eigenvalue weighted by Crippen LogP contribution is -2.44. The first-order valence-corrected chi connectivity index (χ1v) is 6.57. The summed E-state index contributed by atoms with van der Waals surface area (Å²) < 4.78 is 0. The van der Waals surface area contributed by atoms with E-state index in [1.54, 1.807) is 0 Å². The van der Waals surface area contributed by atoms with Crippen LogP contribution in [0.3, 0.4) is 0 Å². The molecule has 0 amide bonds. The van der Waals surface area contributed by atoms with Gasteiger partial charge in [-0.3, -0.25) is 0 Å². The summed E-state index contributed by atoms with van der Waals surface area (Å²) in [5.74, 6) is 1.61. The van der Waals surface area contributed by atoms with Crippen LogP contribution in [-0.4, -0.2) is 37.6 Å². The molecule has 1 rings (SSSR count). The highest BCUT2D eigenvalue weighted by molar-refractivity contribution is 4.89. The average molecular weight is 224 g/mol. The van der Waals surface area contributed by atoms with E-state index >= 15 is 0 Å². The third-order valence-corrected chi connectivity index (χ3v) is 3.87. The van der Waals surface area contributed by atoms with Gasteiger partial charge < -0.3 is 10.2 Å². The summed E-state index contributed by atoms with van der Waals surface area (Å²) in [5, 5.41) is 3.68. The van der Waals surface area contributed by atoms with Crippen molar-refractivity contribution >= 4 is 0 Å². The fourth-order valence-electron chi connectivity index (χ4n) is 2.23. The largest absolute Gasteiger partial charge is 0.312 e. The number of nitrogens with one attached hydrogen (secondary N) is 1. The van der Waals surface area contributed by atoms with Crippen molar-refractivity contribution in [1.29, 1.82) is 0 Å². The van der Waals surface area contributed by atoms with E-state index in [0.717, 1.165) is 24.9 Å². The highest BCUT2D eigenvalue weighted by Crippen LogP contribution is 2.34. The predicted molar refractivity (Wildman–Crippen MR) is 71.6 cm³/mol. The molecule has 0 aromatic rings. The molecule has 0 saturated heterocycles. The van der Waals surface area contributed by atoms with Gasteiger partial charge in [0, 0.05) is 18.6 Å². The van der Waals surface area contributed by atoms with Gasteiger partial charge in [-0.15, -0.1) is 6.58 Å². The Morgan fingerprint density at radius 3 is 2.44 bits per heavy atom. The Balaban J connectivity index is 2.28. The van der Waals surface area contributed by atoms with Gasteiger partial charge in [-0.25, -0.2) is 0 Å². The van der Waals surface area contributed by atoms with Crippen LogP contribution in [0.25, 0.3) is 0 Å². The lowest BCUT2D eigenvalue weighted by molar-refractivity contribution is 0.241. The van der Waals surface area contributed by atoms with Crippen LogP contribution >= 0.6 is 0 Å². The van der Waals surface area contributed by atoms with Crippen LogP contribution in [0.4, 0.5) is 0 Å². The molecule has 0 radical (unpaired) electrons. The third kappa shape index (κ3) is 4.26. The molecule has 16 heavy (non-hydrogen) atoms. The van der Waals surface area contributed by atoms with Gasteiger partial charge in [-0.2, -0.15) is 0 Å². The highest BCUT2D eigenvalue weighted by Gasteiger charge is 2.32. The first-order chi connectivity index (χ1) is 7.56. The molecule has 0 aromatic heterocycles. The molecule has 3 atom stereocenters. The molecular weight excluding hydrogens is 196 g/mol. The van der Waals surface area contributed by atoms with Gasteiger partial charge in [0.1, 0.15) is 0 Å². The van der Waals surface area contributed by atoms with Gasteiger partial charge in [0.05, 0.1) is 0 Å². The first kappa shape index (κ1) is 13.7. The lowest BCUT2D eigenvalue weighted by atomic mass is 9.99. The van der Waals surface area contributed by atoms with Gasteiger partial charge in [0.15, 0.2) is 0 Å². The number of rotatable bonds is 8. The van der Waals surface area contributed by atoms with Crippen LogP contribution in [-0.2, 0) is 0 Å². The van der Waals surface area contributed by atoms with Crippen LogP contribution in [0.1, 0.15) is 33.1 Å². The first-order valence-electron chi connectivity index (χ1n) is 6.57. The molecule has 1 aliphatic carbocycles. The average Bonchev–Trinajstić information content (AvgIpc) is 3.01. The Morgan fingerprint density at radius 1 is 1.38 bits per heavy atom. The van der Waals surface area contributed by atoms with E-state index < -0.39 is 0 Å². The molecule has 1 saturated carbocycles. The molecule has 2 nitrogen and oxygen atoms in total. The summed E-state index contributed by atoms with van der Waals surface area (Å²) in [7, 11) is 4.39. The lowest BCUT2D eigenvalue weighted by Gasteiger charge is -2.28. The van der Waals surface area contributed by atoms with Gasteiger partial charge in [-0.1, -0.05) is 13.0 Å². The third-order valence-electron chi connectivity index (χ3n) is 3.87. The van der Waals surface area contributed by atoms with Crippen molar-refractivity contribution in [2.24, 2.45) is 11.8 Å². The Hall–Kier alpha value is -0.340. The van der Waals surface area contributed by atoms with E-state index in [-0.39, 0.29) is 0 Å². The molecule has 1 N–H and O–H groups in total. The maximum atomic E-state index is 3.81. The Morgan fingerprint density at radius 2 is 2.00 bits per heavy atom. The van der Waals surface area contributed by atoms with Crippen molar-refractivity contribution < 1.29 is 0 Å². The van der Waals surface area contributed by atoms with Crippen molar-refractivity contribution in [2.75, 3.05) is 20.6 Å². The van der Waals surface area contributed by atoms with Crippen molar-refractivity contribution in [3.63, 3.8) is 0 Å². The fourth-order valence-corrected chi connectivity index (χ4v) is 2.23. The monoisotopic (exact) mass is 224 g/mol. The summed E-state index contributed by atoms with van der Waals surface area (Å²) in [6.07, 6.45) is 5.96.